The molecule has 3 aliphatic carbocycles. The number of anilines is 1. The summed E-state index contributed by atoms with van der Waals surface area (Å²) in [7, 11) is -3.78. The average molecular weight is 611 g/mol. The van der Waals surface area contributed by atoms with Crippen LogP contribution in [0.4, 0.5) is 5.69 Å². The number of aliphatic hydroxyl groups excluding tert-OH is 1. The lowest BCUT2D eigenvalue weighted by molar-refractivity contribution is 0.0460. The highest BCUT2D eigenvalue weighted by Crippen LogP contribution is 2.47. The lowest BCUT2D eigenvalue weighted by atomic mass is 9.68. The molecule has 1 spiro atoms. The first-order valence-electron chi connectivity index (χ1n) is 14.9. The van der Waals surface area contributed by atoms with Crippen LogP contribution in [0.15, 0.2) is 61.7 Å². The van der Waals surface area contributed by atoms with Crippen molar-refractivity contribution in [3.05, 3.63) is 83.4 Å². The van der Waals surface area contributed by atoms with Crippen LogP contribution in [0.2, 0.25) is 5.02 Å². The topological polar surface area (TPSA) is 95.9 Å². The van der Waals surface area contributed by atoms with Crippen molar-refractivity contribution in [1.82, 2.24) is 4.72 Å². The average Bonchev–Trinajstić information content (AvgIpc) is 3.75. The van der Waals surface area contributed by atoms with Gasteiger partial charge < -0.3 is 14.7 Å². The van der Waals surface area contributed by atoms with Crippen LogP contribution >= 0.6 is 11.6 Å². The van der Waals surface area contributed by atoms with Gasteiger partial charge in [-0.05, 0) is 104 Å². The monoisotopic (exact) mass is 610 g/mol. The smallest absolute Gasteiger partial charge is 0.264 e. The predicted octanol–water partition coefficient (Wildman–Crippen LogP) is 5.41. The van der Waals surface area contributed by atoms with Gasteiger partial charge in [0.15, 0.2) is 0 Å². The van der Waals surface area contributed by atoms with E-state index in [1.165, 1.54) is 11.1 Å². The SMILES string of the molecule is C=CC[C@H]1C[C@@H]1S(=O)(=O)NC(=O)c1ccc2c(c1)N(C[C@@H]1CC[C@H]1C(O)C=C)C[C@@]1(CCCc3cc(Cl)ccc31)CO2. The van der Waals surface area contributed by atoms with Crippen molar-refractivity contribution in [1.29, 1.82) is 0 Å². The highest BCUT2D eigenvalue weighted by molar-refractivity contribution is 7.91. The van der Waals surface area contributed by atoms with E-state index in [9.17, 15) is 18.3 Å². The van der Waals surface area contributed by atoms with Gasteiger partial charge in [0.25, 0.3) is 5.91 Å². The molecular formula is C33H39ClN2O5S. The van der Waals surface area contributed by atoms with E-state index >= 15 is 0 Å². The summed E-state index contributed by atoms with van der Waals surface area (Å²) < 4.78 is 34.6. The summed E-state index contributed by atoms with van der Waals surface area (Å²) in [5.41, 5.74) is 3.26. The van der Waals surface area contributed by atoms with E-state index in [4.69, 9.17) is 16.3 Å². The molecule has 2 aromatic rings. The normalized spacial score (nSPS) is 28.8. The molecule has 0 aromatic heterocycles. The van der Waals surface area contributed by atoms with E-state index in [1.807, 2.05) is 6.07 Å². The third-order valence-electron chi connectivity index (χ3n) is 9.87. The Balaban J connectivity index is 1.32. The minimum atomic E-state index is -3.78. The van der Waals surface area contributed by atoms with Crippen LogP contribution in [-0.2, 0) is 21.9 Å². The van der Waals surface area contributed by atoms with E-state index in [0.29, 0.717) is 38.3 Å². The fourth-order valence-corrected chi connectivity index (χ4v) is 9.15. The molecule has 4 aliphatic rings. The van der Waals surface area contributed by atoms with E-state index < -0.39 is 27.3 Å². The first-order chi connectivity index (χ1) is 20.1. The van der Waals surface area contributed by atoms with E-state index in [2.05, 4.69) is 34.9 Å². The number of carbonyl (C=O) groups is 1. The molecule has 1 heterocycles. The third kappa shape index (κ3) is 5.49. The fraction of sp³-hybridized carbons (Fsp3) is 0.485. The van der Waals surface area contributed by atoms with E-state index in [0.717, 1.165) is 42.8 Å². The predicted molar refractivity (Wildman–Crippen MR) is 166 cm³/mol. The van der Waals surface area contributed by atoms with Crippen molar-refractivity contribution in [2.45, 2.75) is 61.7 Å². The van der Waals surface area contributed by atoms with Gasteiger partial charge in [-0.25, -0.2) is 13.1 Å². The maximum absolute atomic E-state index is 13.3. The van der Waals surface area contributed by atoms with Crippen LogP contribution in [0.5, 0.6) is 5.75 Å². The number of amides is 1. The zero-order valence-electron chi connectivity index (χ0n) is 23.8. The Morgan fingerprint density at radius 3 is 2.79 bits per heavy atom. The maximum atomic E-state index is 13.3. The molecule has 1 unspecified atom stereocenters. The Kier molecular flexibility index (Phi) is 7.92. The van der Waals surface area contributed by atoms with Gasteiger partial charge in [-0.1, -0.05) is 29.8 Å². The number of rotatable bonds is 9. The lowest BCUT2D eigenvalue weighted by Crippen LogP contribution is -2.49. The zero-order chi connectivity index (χ0) is 29.6. The molecule has 0 radical (unpaired) electrons. The lowest BCUT2D eigenvalue weighted by Gasteiger charge is -2.45. The Bertz CT molecular complexity index is 1510. The van der Waals surface area contributed by atoms with Gasteiger partial charge in [0.1, 0.15) is 5.75 Å². The minimum absolute atomic E-state index is 0.00881. The summed E-state index contributed by atoms with van der Waals surface area (Å²) in [6.45, 7) is 9.34. The Morgan fingerprint density at radius 1 is 1.21 bits per heavy atom. The van der Waals surface area contributed by atoms with Gasteiger partial charge in [-0.15, -0.1) is 13.2 Å². The summed E-state index contributed by atoms with van der Waals surface area (Å²) in [4.78, 5) is 15.6. The van der Waals surface area contributed by atoms with Crippen molar-refractivity contribution in [2.75, 3.05) is 24.6 Å². The van der Waals surface area contributed by atoms with Gasteiger partial charge in [-0.3, -0.25) is 4.79 Å². The molecule has 6 atom stereocenters. The molecule has 224 valence electrons. The van der Waals surface area contributed by atoms with Gasteiger partial charge >= 0.3 is 0 Å². The molecule has 6 rings (SSSR count). The Labute approximate surface area is 253 Å². The van der Waals surface area contributed by atoms with E-state index in [1.54, 1.807) is 30.4 Å². The van der Waals surface area contributed by atoms with Crippen LogP contribution in [-0.4, -0.2) is 50.5 Å². The summed E-state index contributed by atoms with van der Waals surface area (Å²) in [6.07, 6.45) is 8.79. The van der Waals surface area contributed by atoms with Gasteiger partial charge in [0.2, 0.25) is 10.0 Å². The van der Waals surface area contributed by atoms with E-state index in [-0.39, 0.29) is 28.7 Å². The molecule has 2 fully saturated rings. The fourth-order valence-electron chi connectivity index (χ4n) is 7.31. The maximum Gasteiger partial charge on any atom is 0.264 e. The second kappa shape index (κ2) is 11.4. The number of halogens is 1. The number of ether oxygens (including phenoxy) is 1. The van der Waals surface area contributed by atoms with Crippen LogP contribution in [0.25, 0.3) is 0 Å². The van der Waals surface area contributed by atoms with Crippen molar-refractivity contribution in [2.24, 2.45) is 17.8 Å². The number of nitrogens with zero attached hydrogens (tertiary/aromatic N) is 1. The summed E-state index contributed by atoms with van der Waals surface area (Å²) >= 11 is 6.37. The highest BCUT2D eigenvalue weighted by atomic mass is 35.5. The van der Waals surface area contributed by atoms with Crippen molar-refractivity contribution >= 4 is 33.2 Å². The van der Waals surface area contributed by atoms with Gasteiger partial charge in [0.05, 0.1) is 23.6 Å². The second-order valence-electron chi connectivity index (χ2n) is 12.5. The first-order valence-corrected chi connectivity index (χ1v) is 16.8. The number of aliphatic hydroxyl groups is 1. The number of allylic oxidation sites excluding steroid dienone is 1. The number of hydrogen-bond donors (Lipinski definition) is 2. The van der Waals surface area contributed by atoms with Crippen molar-refractivity contribution in [3.8, 4) is 5.75 Å². The molecule has 2 aromatic carbocycles. The Hall–Kier alpha value is -2.81. The number of sulfonamides is 1. The van der Waals surface area contributed by atoms with Crippen LogP contribution in [0.3, 0.4) is 0 Å². The molecular weight excluding hydrogens is 572 g/mol. The molecule has 0 bridgehead atoms. The standard InChI is InChI=1S/C33H39ClN2O5S/c1-3-6-22-17-31(22)42(39,40)35-32(38)23-9-13-30-28(16-23)36(18-24-8-11-26(24)29(37)4-2)19-33(20-41-30)14-5-7-21-15-25(34)10-12-27(21)33/h3-4,9-10,12-13,15-16,22,24,26,29,31,37H,1-2,5-8,11,14,17-20H2,(H,35,38)/t22-,24-,26+,29?,31-,33-/m0/s1. The number of carbonyl (C=O) groups excluding carboxylic acids is 1. The molecule has 0 saturated heterocycles. The molecule has 7 nitrogen and oxygen atoms in total. The minimum Gasteiger partial charge on any atom is -0.490 e. The summed E-state index contributed by atoms with van der Waals surface area (Å²) in [6, 6.07) is 11.3. The molecule has 1 amide bonds. The van der Waals surface area contributed by atoms with Crippen molar-refractivity contribution < 1.29 is 23.1 Å². The summed E-state index contributed by atoms with van der Waals surface area (Å²) in [5, 5.41) is 10.7. The number of aryl methyl sites for hydroxylation is 1. The Morgan fingerprint density at radius 2 is 2.05 bits per heavy atom. The zero-order valence-corrected chi connectivity index (χ0v) is 25.4. The quantitative estimate of drug-likeness (QED) is 0.369. The molecule has 2 N–H and O–H groups in total. The van der Waals surface area contributed by atoms with Crippen LogP contribution < -0.4 is 14.4 Å². The second-order valence-corrected chi connectivity index (χ2v) is 14.9. The highest BCUT2D eigenvalue weighted by Gasteiger charge is 2.47. The largest absolute Gasteiger partial charge is 0.490 e. The number of fused-ring (bicyclic) bond motifs is 3. The summed E-state index contributed by atoms with van der Waals surface area (Å²) in [5.74, 6) is 0.420. The van der Waals surface area contributed by atoms with Gasteiger partial charge in [0, 0.05) is 29.1 Å². The molecule has 2 saturated carbocycles. The third-order valence-corrected chi connectivity index (χ3v) is 12.0. The number of nitrogens with one attached hydrogen (secondary N) is 1. The van der Waals surface area contributed by atoms with Crippen molar-refractivity contribution in [3.63, 3.8) is 0 Å². The molecule has 1 aliphatic heterocycles. The number of hydrogen-bond acceptors (Lipinski definition) is 6. The molecule has 42 heavy (non-hydrogen) atoms. The number of benzene rings is 2. The van der Waals surface area contributed by atoms with Crippen LogP contribution in [0, 0.1) is 17.8 Å². The first kappa shape index (κ1) is 29.3. The van der Waals surface area contributed by atoms with Crippen LogP contribution in [0.1, 0.15) is 60.0 Å². The van der Waals surface area contributed by atoms with Gasteiger partial charge in [-0.2, -0.15) is 0 Å². The molecule has 9 heteroatoms.